The molecule has 17 nitrogen and oxygen atoms in total. The molecule has 0 fully saturated rings. The predicted molar refractivity (Wildman–Crippen MR) is 419 cm³/mol. The van der Waals surface area contributed by atoms with Gasteiger partial charge in [-0.05, 0) is 25.7 Å². The number of aliphatic hydroxyl groups is 1. The van der Waals surface area contributed by atoms with E-state index in [0.717, 1.165) is 103 Å². The van der Waals surface area contributed by atoms with Gasteiger partial charge in [0, 0.05) is 25.7 Å². The summed E-state index contributed by atoms with van der Waals surface area (Å²) in [5.41, 5.74) is 0. The minimum Gasteiger partial charge on any atom is -0.462 e. The number of unbranched alkanes of at least 4 members (excludes halogenated alkanes) is 58. The summed E-state index contributed by atoms with van der Waals surface area (Å²) in [6.07, 6.45) is 71.1. The lowest BCUT2D eigenvalue weighted by atomic mass is 10.0. The van der Waals surface area contributed by atoms with Crippen LogP contribution < -0.4 is 0 Å². The third-order valence-corrected chi connectivity index (χ3v) is 21.5. The molecule has 0 rings (SSSR count). The zero-order chi connectivity index (χ0) is 74.6. The number of aliphatic hydroxyl groups excluding tert-OH is 1. The van der Waals surface area contributed by atoms with Gasteiger partial charge in [-0.1, -0.05) is 400 Å². The molecule has 0 aromatic rings. The van der Waals surface area contributed by atoms with Gasteiger partial charge in [-0.25, -0.2) is 9.13 Å². The predicted octanol–water partition coefficient (Wildman–Crippen LogP) is 25.4. The number of hydrogen-bond donors (Lipinski definition) is 3. The summed E-state index contributed by atoms with van der Waals surface area (Å²) in [5.74, 6) is -2.11. The van der Waals surface area contributed by atoms with Crippen LogP contribution in [-0.4, -0.2) is 96.7 Å². The fraction of sp³-hybridized carbons (Fsp3) is 0.952. The van der Waals surface area contributed by atoms with Gasteiger partial charge in [-0.3, -0.25) is 37.3 Å². The maximum Gasteiger partial charge on any atom is 0.472 e. The molecule has 0 saturated heterocycles. The number of carbonyl (C=O) groups excluding carboxylic acids is 4. The van der Waals surface area contributed by atoms with Crippen molar-refractivity contribution in [2.24, 2.45) is 0 Å². The van der Waals surface area contributed by atoms with Crippen molar-refractivity contribution < 1.29 is 80.2 Å². The molecule has 0 aromatic carbocycles. The van der Waals surface area contributed by atoms with E-state index in [0.29, 0.717) is 25.7 Å². The van der Waals surface area contributed by atoms with Crippen LogP contribution in [0.5, 0.6) is 0 Å². The van der Waals surface area contributed by atoms with E-state index >= 15 is 0 Å². The first-order valence-corrected chi connectivity index (χ1v) is 46.3. The van der Waals surface area contributed by atoms with E-state index in [4.69, 9.17) is 37.0 Å². The molecule has 0 radical (unpaired) electrons. The molecule has 606 valence electrons. The van der Waals surface area contributed by atoms with Crippen molar-refractivity contribution in [1.29, 1.82) is 0 Å². The normalized spacial score (nSPS) is 13.8. The van der Waals surface area contributed by atoms with Crippen molar-refractivity contribution in [3.05, 3.63) is 0 Å². The highest BCUT2D eigenvalue weighted by Crippen LogP contribution is 2.45. The molecule has 0 saturated carbocycles. The number of esters is 4. The third kappa shape index (κ3) is 76.3. The highest BCUT2D eigenvalue weighted by atomic mass is 31.2. The molecule has 0 aliphatic rings. The Morgan fingerprint density at radius 1 is 0.235 bits per heavy atom. The maximum atomic E-state index is 13.1. The molecule has 0 bridgehead atoms. The number of phosphoric ester groups is 2. The smallest absolute Gasteiger partial charge is 0.462 e. The molecule has 0 aliphatic heterocycles. The Kier molecular flexibility index (Phi) is 75.8. The second-order valence-electron chi connectivity index (χ2n) is 29.9. The van der Waals surface area contributed by atoms with Crippen molar-refractivity contribution in [1.82, 2.24) is 0 Å². The molecule has 102 heavy (non-hydrogen) atoms. The van der Waals surface area contributed by atoms with E-state index in [9.17, 15) is 43.2 Å². The summed E-state index contributed by atoms with van der Waals surface area (Å²) in [7, 11) is -9.91. The van der Waals surface area contributed by atoms with E-state index in [-0.39, 0.29) is 25.7 Å². The van der Waals surface area contributed by atoms with Crippen LogP contribution in [0.3, 0.4) is 0 Å². The lowest BCUT2D eigenvalue weighted by molar-refractivity contribution is -0.161. The summed E-state index contributed by atoms with van der Waals surface area (Å²) in [5, 5.41) is 10.6. The van der Waals surface area contributed by atoms with E-state index in [1.165, 1.54) is 270 Å². The van der Waals surface area contributed by atoms with E-state index in [1.807, 2.05) is 0 Å². The second-order valence-corrected chi connectivity index (χ2v) is 32.8. The Hall–Kier alpha value is -1.94. The fourth-order valence-electron chi connectivity index (χ4n) is 13.0. The molecular weight excluding hydrogens is 1330 g/mol. The van der Waals surface area contributed by atoms with Gasteiger partial charge in [0.1, 0.15) is 19.3 Å². The summed E-state index contributed by atoms with van der Waals surface area (Å²) in [4.78, 5) is 72.9. The largest absolute Gasteiger partial charge is 0.472 e. The Labute approximate surface area is 626 Å². The molecule has 5 atom stereocenters. The maximum absolute atomic E-state index is 13.1. The van der Waals surface area contributed by atoms with Gasteiger partial charge in [0.05, 0.1) is 26.4 Å². The molecule has 0 aliphatic carbocycles. The number of ether oxygens (including phenoxy) is 4. The quantitative estimate of drug-likeness (QED) is 0.0222. The first-order valence-electron chi connectivity index (χ1n) is 43.3. The first-order chi connectivity index (χ1) is 49.7. The van der Waals surface area contributed by atoms with Gasteiger partial charge < -0.3 is 33.8 Å². The van der Waals surface area contributed by atoms with Crippen LogP contribution in [-0.2, 0) is 65.4 Å². The van der Waals surface area contributed by atoms with Crippen molar-refractivity contribution in [3.63, 3.8) is 0 Å². The Balaban J connectivity index is 5.15. The molecule has 19 heteroatoms. The molecule has 0 amide bonds. The van der Waals surface area contributed by atoms with Crippen LogP contribution in [0.15, 0.2) is 0 Å². The van der Waals surface area contributed by atoms with Crippen molar-refractivity contribution in [2.45, 2.75) is 470 Å². The van der Waals surface area contributed by atoms with Gasteiger partial charge in [0.25, 0.3) is 0 Å². The van der Waals surface area contributed by atoms with E-state index in [1.54, 1.807) is 0 Å². The van der Waals surface area contributed by atoms with Crippen molar-refractivity contribution >= 4 is 39.5 Å². The average molecular weight is 1490 g/mol. The van der Waals surface area contributed by atoms with E-state index < -0.39 is 97.5 Å². The van der Waals surface area contributed by atoms with Gasteiger partial charge >= 0.3 is 39.5 Å². The molecule has 2 unspecified atom stereocenters. The van der Waals surface area contributed by atoms with Crippen LogP contribution in [0, 0.1) is 0 Å². The van der Waals surface area contributed by atoms with E-state index in [2.05, 4.69) is 27.7 Å². The monoisotopic (exact) mass is 1490 g/mol. The van der Waals surface area contributed by atoms with Crippen LogP contribution in [0.2, 0.25) is 0 Å². The van der Waals surface area contributed by atoms with Gasteiger partial charge in [0.2, 0.25) is 0 Å². The number of carbonyl (C=O) groups is 4. The lowest BCUT2D eigenvalue weighted by Crippen LogP contribution is -2.30. The zero-order valence-corrected chi connectivity index (χ0v) is 68.4. The van der Waals surface area contributed by atoms with Crippen LogP contribution in [0.4, 0.5) is 0 Å². The third-order valence-electron chi connectivity index (χ3n) is 19.6. The number of phosphoric acid groups is 2. The number of rotatable bonds is 84. The minimum absolute atomic E-state index is 0.108. The average Bonchev–Trinajstić information content (AvgIpc) is 0.923. The van der Waals surface area contributed by atoms with Gasteiger partial charge in [0.15, 0.2) is 12.2 Å². The minimum atomic E-state index is -4.96. The summed E-state index contributed by atoms with van der Waals surface area (Å²) >= 11 is 0. The Bertz CT molecular complexity index is 1930. The highest BCUT2D eigenvalue weighted by Gasteiger charge is 2.30. The van der Waals surface area contributed by atoms with Crippen molar-refractivity contribution in [2.75, 3.05) is 39.6 Å². The second kappa shape index (κ2) is 77.2. The molecule has 3 N–H and O–H groups in total. The standard InChI is InChI=1S/C83H162O17P2/c1-5-9-13-17-21-24-27-30-33-35-37-39-41-43-45-48-51-54-58-62-66-70-83(88)100-79(74-94-81(86)68-64-60-56-52-49-47-44-42-40-38-36-34-31-28-25-22-18-14-10-6-2)76-98-102(91,92)96-72-77(84)71-95-101(89,90)97-75-78(73-93-80(85)67-63-59-55-20-16-12-8-4)99-82(87)69-65-61-57-53-50-46-32-29-26-23-19-15-11-7-3/h77-79,84H,5-76H2,1-4H3,(H,89,90)(H,91,92)/t77-,78+,79+/m0/s1. The zero-order valence-electron chi connectivity index (χ0n) is 66.6. The fourth-order valence-corrected chi connectivity index (χ4v) is 14.6. The van der Waals surface area contributed by atoms with Gasteiger partial charge in [-0.2, -0.15) is 0 Å². The number of hydrogen-bond acceptors (Lipinski definition) is 15. The Morgan fingerprint density at radius 3 is 0.578 bits per heavy atom. The molecule has 0 heterocycles. The SMILES string of the molecule is CCCCCCCCCCCCCCCCCCCCCCCC(=O)O[C@H](COC(=O)CCCCCCCCCCCCCCCCCCCCCC)COP(=O)(O)OC[C@@H](O)COP(=O)(O)OC[C@@H](COC(=O)CCCCCCCCC)OC(=O)CCCCCCCCCCCCCCCC. The Morgan fingerprint density at radius 2 is 0.392 bits per heavy atom. The molecular formula is C83H162O17P2. The van der Waals surface area contributed by atoms with Crippen LogP contribution >= 0.6 is 15.6 Å². The molecule has 0 aromatic heterocycles. The van der Waals surface area contributed by atoms with Crippen LogP contribution in [0.25, 0.3) is 0 Å². The highest BCUT2D eigenvalue weighted by molar-refractivity contribution is 7.47. The topological polar surface area (TPSA) is 237 Å². The van der Waals surface area contributed by atoms with Crippen molar-refractivity contribution in [3.8, 4) is 0 Å². The first kappa shape index (κ1) is 100. The van der Waals surface area contributed by atoms with Crippen LogP contribution in [0.1, 0.15) is 451 Å². The summed E-state index contributed by atoms with van der Waals surface area (Å²) in [6.45, 7) is 4.99. The lowest BCUT2D eigenvalue weighted by Gasteiger charge is -2.21. The summed E-state index contributed by atoms with van der Waals surface area (Å²) in [6, 6.07) is 0. The summed E-state index contributed by atoms with van der Waals surface area (Å²) < 4.78 is 68.7. The molecule has 0 spiro atoms. The van der Waals surface area contributed by atoms with Gasteiger partial charge in [-0.15, -0.1) is 0 Å².